The summed E-state index contributed by atoms with van der Waals surface area (Å²) in [4.78, 5) is 8.82. The first kappa shape index (κ1) is 26.6. The number of benzene rings is 7. The van der Waals surface area contributed by atoms with Gasteiger partial charge in [-0.05, 0) is 52.6 Å². The van der Waals surface area contributed by atoms with E-state index in [4.69, 9.17) is 4.98 Å². The second kappa shape index (κ2) is 11.0. The molecule has 3 heteroatoms. The Morgan fingerprint density at radius 1 is 0.413 bits per heavy atom. The maximum absolute atomic E-state index is 5.17. The number of hydrogen-bond donors (Lipinski definition) is 0. The number of fused-ring (bicyclic) bond motifs is 3. The summed E-state index contributed by atoms with van der Waals surface area (Å²) < 4.78 is 0. The van der Waals surface area contributed by atoms with Crippen LogP contribution in [-0.4, -0.2) is 4.98 Å². The van der Waals surface area contributed by atoms with Crippen LogP contribution in [0.3, 0.4) is 0 Å². The van der Waals surface area contributed by atoms with E-state index in [-0.39, 0.29) is 0 Å². The van der Waals surface area contributed by atoms with E-state index in [1.165, 1.54) is 49.0 Å². The molecule has 0 bridgehead atoms. The van der Waals surface area contributed by atoms with E-state index in [2.05, 4.69) is 175 Å². The van der Waals surface area contributed by atoms with Crippen molar-refractivity contribution in [3.05, 3.63) is 170 Å². The summed E-state index contributed by atoms with van der Waals surface area (Å²) in [5.41, 5.74) is 12.9. The maximum Gasteiger partial charge on any atom is 0.124 e. The zero-order valence-corrected chi connectivity index (χ0v) is 25.8. The van der Waals surface area contributed by atoms with Crippen LogP contribution in [0.5, 0.6) is 0 Å². The Morgan fingerprint density at radius 2 is 0.935 bits per heavy atom. The van der Waals surface area contributed by atoms with Gasteiger partial charge in [0.05, 0.1) is 16.3 Å². The lowest BCUT2D eigenvalue weighted by Gasteiger charge is -2.27. The molecular formula is C43H28N2S. The lowest BCUT2D eigenvalue weighted by Crippen LogP contribution is -2.10. The second-order valence-corrected chi connectivity index (χ2v) is 12.6. The Hall–Kier alpha value is -5.77. The Kier molecular flexibility index (Phi) is 6.36. The number of nitrogens with zero attached hydrogens (tertiary/aromatic N) is 2. The molecule has 0 fully saturated rings. The lowest BCUT2D eigenvalue weighted by molar-refractivity contribution is 1.30. The Morgan fingerprint density at radius 3 is 1.50 bits per heavy atom. The summed E-state index contributed by atoms with van der Waals surface area (Å²) in [6.07, 6.45) is 0. The van der Waals surface area contributed by atoms with Gasteiger partial charge in [0.2, 0.25) is 0 Å². The standard InChI is InChI=1S/C43H28N2S/c1-4-11-29(12-5-1)31-19-23-34(24-20-31)45(35-25-21-32(22-26-35)30-13-6-2-7-14-30)39-28-27-37-40-36(39)17-10-18-38(40)42-41(37)44-43(46-42)33-15-8-3-9-16-33/h1-28H. The highest BCUT2D eigenvalue weighted by Gasteiger charge is 2.28. The molecule has 0 N–H and O–H groups in total. The van der Waals surface area contributed by atoms with Crippen molar-refractivity contribution in [3.8, 4) is 54.5 Å². The first-order chi connectivity index (χ1) is 22.8. The van der Waals surface area contributed by atoms with Crippen molar-refractivity contribution in [1.29, 1.82) is 0 Å². The summed E-state index contributed by atoms with van der Waals surface area (Å²) in [5, 5.41) is 3.57. The summed E-state index contributed by atoms with van der Waals surface area (Å²) in [6.45, 7) is 0. The molecule has 0 atom stereocenters. The summed E-state index contributed by atoms with van der Waals surface area (Å²) in [5.74, 6) is 0. The van der Waals surface area contributed by atoms with Gasteiger partial charge >= 0.3 is 0 Å². The number of anilines is 3. The van der Waals surface area contributed by atoms with Crippen LogP contribution in [0.1, 0.15) is 0 Å². The van der Waals surface area contributed by atoms with E-state index in [0.29, 0.717) is 0 Å². The molecule has 0 spiro atoms. The largest absolute Gasteiger partial charge is 0.310 e. The van der Waals surface area contributed by atoms with Gasteiger partial charge in [-0.2, -0.15) is 0 Å². The van der Waals surface area contributed by atoms with Gasteiger partial charge in [0.15, 0.2) is 0 Å². The van der Waals surface area contributed by atoms with Crippen LogP contribution in [0, 0.1) is 0 Å². The third-order valence-corrected chi connectivity index (χ3v) is 10.0. The third-order valence-electron chi connectivity index (χ3n) is 8.87. The molecule has 0 aliphatic heterocycles. The summed E-state index contributed by atoms with van der Waals surface area (Å²) in [7, 11) is 0. The van der Waals surface area contributed by atoms with Gasteiger partial charge in [0.1, 0.15) is 5.01 Å². The Labute approximate surface area is 272 Å². The average molecular weight is 605 g/mol. The average Bonchev–Trinajstić information content (AvgIpc) is 3.70. The fourth-order valence-electron chi connectivity index (χ4n) is 6.66. The highest BCUT2D eigenvalue weighted by Crippen LogP contribution is 2.53. The molecule has 0 saturated carbocycles. The van der Waals surface area contributed by atoms with Crippen molar-refractivity contribution in [2.45, 2.75) is 0 Å². The molecular weight excluding hydrogens is 577 g/mol. The molecule has 0 radical (unpaired) electrons. The molecule has 8 aromatic rings. The number of aromatic nitrogens is 1. The highest BCUT2D eigenvalue weighted by molar-refractivity contribution is 7.19. The molecule has 0 amide bonds. The van der Waals surface area contributed by atoms with E-state index >= 15 is 0 Å². The maximum atomic E-state index is 5.17. The van der Waals surface area contributed by atoms with Gasteiger partial charge < -0.3 is 4.90 Å². The SMILES string of the molecule is c1ccc(-c2ccc(N(c3ccc(-c4ccccc4)cc3)c3ccc4c5c(cccc35)-c3sc(-c5ccccc5)nc3-4)cc2)cc1. The van der Waals surface area contributed by atoms with Crippen LogP contribution in [0.25, 0.3) is 65.3 Å². The van der Waals surface area contributed by atoms with Gasteiger partial charge in [-0.3, -0.25) is 0 Å². The first-order valence-corrected chi connectivity index (χ1v) is 16.4. The fourth-order valence-corrected chi connectivity index (χ4v) is 7.77. The minimum absolute atomic E-state index is 1.07. The number of rotatable bonds is 6. The molecule has 216 valence electrons. The summed E-state index contributed by atoms with van der Waals surface area (Å²) in [6, 6.07) is 60.7. The molecule has 1 aliphatic rings. The molecule has 1 heterocycles. The molecule has 2 nitrogen and oxygen atoms in total. The van der Waals surface area contributed by atoms with Crippen LogP contribution in [-0.2, 0) is 0 Å². The van der Waals surface area contributed by atoms with Crippen LogP contribution >= 0.6 is 11.3 Å². The Balaban J connectivity index is 1.19. The minimum atomic E-state index is 1.07. The Bertz CT molecular complexity index is 2210. The predicted octanol–water partition coefficient (Wildman–Crippen LogP) is 12.4. The first-order valence-electron chi connectivity index (χ1n) is 15.6. The van der Waals surface area contributed by atoms with Gasteiger partial charge in [-0.1, -0.05) is 140 Å². The van der Waals surface area contributed by atoms with Crippen molar-refractivity contribution in [1.82, 2.24) is 4.98 Å². The summed E-state index contributed by atoms with van der Waals surface area (Å²) >= 11 is 1.79. The van der Waals surface area contributed by atoms with Gasteiger partial charge in [0, 0.05) is 38.8 Å². The van der Waals surface area contributed by atoms with Crippen molar-refractivity contribution < 1.29 is 0 Å². The van der Waals surface area contributed by atoms with Crippen molar-refractivity contribution in [2.75, 3.05) is 4.90 Å². The molecule has 46 heavy (non-hydrogen) atoms. The van der Waals surface area contributed by atoms with Gasteiger partial charge in [-0.25, -0.2) is 4.98 Å². The van der Waals surface area contributed by atoms with E-state index in [0.717, 1.165) is 33.3 Å². The van der Waals surface area contributed by atoms with E-state index in [1.54, 1.807) is 11.3 Å². The van der Waals surface area contributed by atoms with Crippen LogP contribution < -0.4 is 4.90 Å². The fraction of sp³-hybridized carbons (Fsp3) is 0. The lowest BCUT2D eigenvalue weighted by atomic mass is 10.00. The molecule has 0 unspecified atom stereocenters. The smallest absolute Gasteiger partial charge is 0.124 e. The van der Waals surface area contributed by atoms with Gasteiger partial charge in [-0.15, -0.1) is 11.3 Å². The van der Waals surface area contributed by atoms with Crippen LogP contribution in [0.15, 0.2) is 170 Å². The highest BCUT2D eigenvalue weighted by atomic mass is 32.1. The van der Waals surface area contributed by atoms with Crippen molar-refractivity contribution >= 4 is 39.2 Å². The van der Waals surface area contributed by atoms with Crippen molar-refractivity contribution in [3.63, 3.8) is 0 Å². The quantitative estimate of drug-likeness (QED) is 0.188. The van der Waals surface area contributed by atoms with E-state index in [1.807, 2.05) is 0 Å². The molecule has 1 aliphatic carbocycles. The zero-order valence-electron chi connectivity index (χ0n) is 25.0. The molecule has 7 aromatic carbocycles. The normalized spacial score (nSPS) is 11.5. The number of hydrogen-bond acceptors (Lipinski definition) is 3. The molecule has 0 saturated heterocycles. The zero-order chi connectivity index (χ0) is 30.5. The van der Waals surface area contributed by atoms with Gasteiger partial charge in [0.25, 0.3) is 0 Å². The van der Waals surface area contributed by atoms with Crippen molar-refractivity contribution in [2.24, 2.45) is 0 Å². The number of thiazole rings is 1. The third kappa shape index (κ3) is 4.44. The monoisotopic (exact) mass is 604 g/mol. The minimum Gasteiger partial charge on any atom is -0.310 e. The topological polar surface area (TPSA) is 16.1 Å². The molecule has 9 rings (SSSR count). The predicted molar refractivity (Wildman–Crippen MR) is 195 cm³/mol. The van der Waals surface area contributed by atoms with Crippen LogP contribution in [0.2, 0.25) is 0 Å². The molecule has 1 aromatic heterocycles. The second-order valence-electron chi connectivity index (χ2n) is 11.6. The van der Waals surface area contributed by atoms with Crippen LogP contribution in [0.4, 0.5) is 17.1 Å². The van der Waals surface area contributed by atoms with E-state index in [9.17, 15) is 0 Å². The van der Waals surface area contributed by atoms with E-state index < -0.39 is 0 Å².